The topological polar surface area (TPSA) is 21.3 Å². The average molecular weight is 249 g/mol. The van der Waals surface area contributed by atoms with Gasteiger partial charge in [-0.1, -0.05) is 44.2 Å². The molecule has 0 radical (unpaired) electrons. The third-order valence-electron chi connectivity index (χ3n) is 2.92. The minimum atomic E-state index is 0.782. The van der Waals surface area contributed by atoms with Gasteiger partial charge >= 0.3 is 0 Å². The lowest BCUT2D eigenvalue weighted by atomic mass is 10.1. The summed E-state index contributed by atoms with van der Waals surface area (Å²) in [6.45, 7) is 8.26. The van der Waals surface area contributed by atoms with E-state index < -0.39 is 0 Å². The standard InChI is InChI=1S/C16H27NO/c1-15(2)10-11-17-12-14-18-13-6-9-16-7-4-3-5-8-16/h3-5,7-8,15,17H,6,9-14H2,1-2H3. The molecule has 1 rings (SSSR count). The third kappa shape index (κ3) is 8.26. The minimum Gasteiger partial charge on any atom is -0.380 e. The average Bonchev–Trinajstić information content (AvgIpc) is 2.37. The van der Waals surface area contributed by atoms with E-state index in [1.54, 1.807) is 0 Å². The van der Waals surface area contributed by atoms with Gasteiger partial charge in [-0.3, -0.25) is 0 Å². The van der Waals surface area contributed by atoms with Crippen molar-refractivity contribution >= 4 is 0 Å². The number of benzene rings is 1. The largest absolute Gasteiger partial charge is 0.380 e. The van der Waals surface area contributed by atoms with Crippen molar-refractivity contribution in [3.05, 3.63) is 35.9 Å². The van der Waals surface area contributed by atoms with Crippen molar-refractivity contribution in [2.45, 2.75) is 33.1 Å². The van der Waals surface area contributed by atoms with Gasteiger partial charge in [0.05, 0.1) is 6.61 Å². The SMILES string of the molecule is CC(C)CCNCCOCCCc1ccccc1. The van der Waals surface area contributed by atoms with Crippen molar-refractivity contribution < 1.29 is 4.74 Å². The summed E-state index contributed by atoms with van der Waals surface area (Å²) in [6.07, 6.45) is 3.46. The van der Waals surface area contributed by atoms with Gasteiger partial charge in [0.15, 0.2) is 0 Å². The fraction of sp³-hybridized carbons (Fsp3) is 0.625. The fourth-order valence-electron chi connectivity index (χ4n) is 1.79. The minimum absolute atomic E-state index is 0.782. The maximum absolute atomic E-state index is 5.60. The molecular formula is C16H27NO. The lowest BCUT2D eigenvalue weighted by molar-refractivity contribution is 0.133. The Morgan fingerprint density at radius 3 is 2.56 bits per heavy atom. The van der Waals surface area contributed by atoms with E-state index in [-0.39, 0.29) is 0 Å². The molecule has 1 aromatic rings. The van der Waals surface area contributed by atoms with E-state index in [9.17, 15) is 0 Å². The van der Waals surface area contributed by atoms with Gasteiger partial charge in [0.1, 0.15) is 0 Å². The first-order valence-corrected chi connectivity index (χ1v) is 7.11. The molecule has 0 aliphatic heterocycles. The van der Waals surface area contributed by atoms with E-state index in [0.717, 1.165) is 45.1 Å². The first kappa shape index (κ1) is 15.2. The lowest BCUT2D eigenvalue weighted by Gasteiger charge is -2.07. The molecule has 0 saturated carbocycles. The van der Waals surface area contributed by atoms with Gasteiger partial charge in [-0.25, -0.2) is 0 Å². The number of aryl methyl sites for hydroxylation is 1. The van der Waals surface area contributed by atoms with Crippen LogP contribution in [0, 0.1) is 5.92 Å². The Balaban J connectivity index is 1.84. The second kappa shape index (κ2) is 10.1. The van der Waals surface area contributed by atoms with Crippen LogP contribution in [0.3, 0.4) is 0 Å². The zero-order chi connectivity index (χ0) is 13.1. The Kier molecular flexibility index (Phi) is 8.53. The number of ether oxygens (including phenoxy) is 1. The molecule has 1 N–H and O–H groups in total. The molecular weight excluding hydrogens is 222 g/mol. The predicted octanol–water partition coefficient (Wildman–Crippen LogP) is 3.27. The number of hydrogen-bond donors (Lipinski definition) is 1. The van der Waals surface area contributed by atoms with Crippen LogP contribution in [0.2, 0.25) is 0 Å². The van der Waals surface area contributed by atoms with Crippen LogP contribution in [-0.4, -0.2) is 26.3 Å². The van der Waals surface area contributed by atoms with Gasteiger partial charge in [0.25, 0.3) is 0 Å². The molecule has 0 atom stereocenters. The third-order valence-corrected chi connectivity index (χ3v) is 2.92. The van der Waals surface area contributed by atoms with Gasteiger partial charge < -0.3 is 10.1 Å². The van der Waals surface area contributed by atoms with Crippen molar-refractivity contribution in [1.29, 1.82) is 0 Å². The van der Waals surface area contributed by atoms with E-state index in [2.05, 4.69) is 49.5 Å². The summed E-state index contributed by atoms with van der Waals surface area (Å²) < 4.78 is 5.60. The summed E-state index contributed by atoms with van der Waals surface area (Å²) in [4.78, 5) is 0. The molecule has 0 aliphatic rings. The predicted molar refractivity (Wildman–Crippen MR) is 77.9 cm³/mol. The molecule has 1 aromatic carbocycles. The monoisotopic (exact) mass is 249 g/mol. The van der Waals surface area contributed by atoms with Gasteiger partial charge in [0, 0.05) is 13.2 Å². The Bertz CT molecular complexity index is 284. The van der Waals surface area contributed by atoms with Crippen LogP contribution >= 0.6 is 0 Å². The van der Waals surface area contributed by atoms with Crippen LogP contribution in [0.1, 0.15) is 32.3 Å². The van der Waals surface area contributed by atoms with Crippen molar-refractivity contribution in [1.82, 2.24) is 5.32 Å². The summed E-state index contributed by atoms with van der Waals surface area (Å²) in [5, 5.41) is 3.40. The Morgan fingerprint density at radius 2 is 1.83 bits per heavy atom. The van der Waals surface area contributed by atoms with Crippen molar-refractivity contribution in [3.63, 3.8) is 0 Å². The summed E-state index contributed by atoms with van der Waals surface area (Å²) in [5.41, 5.74) is 1.40. The molecule has 2 heteroatoms. The molecule has 0 aliphatic carbocycles. The molecule has 0 bridgehead atoms. The molecule has 0 saturated heterocycles. The van der Waals surface area contributed by atoms with Crippen molar-refractivity contribution in [2.75, 3.05) is 26.3 Å². The van der Waals surface area contributed by atoms with Crippen molar-refractivity contribution in [2.24, 2.45) is 5.92 Å². The van der Waals surface area contributed by atoms with Crippen molar-refractivity contribution in [3.8, 4) is 0 Å². The van der Waals surface area contributed by atoms with E-state index in [1.165, 1.54) is 12.0 Å². The normalized spacial score (nSPS) is 11.1. The second-order valence-electron chi connectivity index (χ2n) is 5.13. The quantitative estimate of drug-likeness (QED) is 0.643. The molecule has 0 fully saturated rings. The molecule has 2 nitrogen and oxygen atoms in total. The molecule has 0 aromatic heterocycles. The summed E-state index contributed by atoms with van der Waals surface area (Å²) in [7, 11) is 0. The van der Waals surface area contributed by atoms with Crippen LogP contribution in [0.4, 0.5) is 0 Å². The smallest absolute Gasteiger partial charge is 0.0590 e. The van der Waals surface area contributed by atoms with Gasteiger partial charge in [-0.05, 0) is 37.3 Å². The first-order chi connectivity index (χ1) is 8.79. The Labute approximate surface area is 112 Å². The Morgan fingerprint density at radius 1 is 1.06 bits per heavy atom. The summed E-state index contributed by atoms with van der Waals surface area (Å²) in [5.74, 6) is 0.782. The zero-order valence-electron chi connectivity index (χ0n) is 11.8. The summed E-state index contributed by atoms with van der Waals surface area (Å²) in [6, 6.07) is 10.6. The number of hydrogen-bond acceptors (Lipinski definition) is 2. The number of nitrogens with one attached hydrogen (secondary N) is 1. The lowest BCUT2D eigenvalue weighted by Crippen LogP contribution is -2.22. The van der Waals surface area contributed by atoms with Crippen LogP contribution in [0.25, 0.3) is 0 Å². The van der Waals surface area contributed by atoms with E-state index >= 15 is 0 Å². The highest BCUT2D eigenvalue weighted by atomic mass is 16.5. The van der Waals surface area contributed by atoms with Gasteiger partial charge in [0.2, 0.25) is 0 Å². The van der Waals surface area contributed by atoms with Crippen LogP contribution < -0.4 is 5.32 Å². The van der Waals surface area contributed by atoms with Gasteiger partial charge in [-0.2, -0.15) is 0 Å². The fourth-order valence-corrected chi connectivity index (χ4v) is 1.79. The zero-order valence-corrected chi connectivity index (χ0v) is 11.8. The highest BCUT2D eigenvalue weighted by Crippen LogP contribution is 2.02. The van der Waals surface area contributed by atoms with Crippen LogP contribution in [0.5, 0.6) is 0 Å². The van der Waals surface area contributed by atoms with Crippen LogP contribution in [-0.2, 0) is 11.2 Å². The summed E-state index contributed by atoms with van der Waals surface area (Å²) >= 11 is 0. The van der Waals surface area contributed by atoms with E-state index in [4.69, 9.17) is 4.74 Å². The van der Waals surface area contributed by atoms with Gasteiger partial charge in [-0.15, -0.1) is 0 Å². The highest BCUT2D eigenvalue weighted by molar-refractivity contribution is 5.14. The maximum Gasteiger partial charge on any atom is 0.0590 e. The highest BCUT2D eigenvalue weighted by Gasteiger charge is 1.94. The molecule has 0 unspecified atom stereocenters. The molecule has 0 heterocycles. The first-order valence-electron chi connectivity index (χ1n) is 7.11. The number of rotatable bonds is 10. The molecule has 0 amide bonds. The van der Waals surface area contributed by atoms with Crippen LogP contribution in [0.15, 0.2) is 30.3 Å². The molecule has 0 spiro atoms. The van der Waals surface area contributed by atoms with E-state index in [0.29, 0.717) is 0 Å². The molecule has 18 heavy (non-hydrogen) atoms. The van der Waals surface area contributed by atoms with E-state index in [1.807, 2.05) is 0 Å². The Hall–Kier alpha value is -0.860. The molecule has 102 valence electrons. The second-order valence-corrected chi connectivity index (χ2v) is 5.13. The maximum atomic E-state index is 5.60.